The van der Waals surface area contributed by atoms with Crippen LogP contribution in [0, 0.1) is 0 Å². The van der Waals surface area contributed by atoms with Gasteiger partial charge in [-0.25, -0.2) is 9.97 Å². The lowest BCUT2D eigenvalue weighted by Gasteiger charge is -2.20. The van der Waals surface area contributed by atoms with Gasteiger partial charge in [0, 0.05) is 26.1 Å². The second-order valence-electron chi connectivity index (χ2n) is 6.80. The molecule has 1 N–H and O–H groups in total. The molecule has 0 unspecified atom stereocenters. The summed E-state index contributed by atoms with van der Waals surface area (Å²) >= 11 is 0. The number of hydrogen-bond acceptors (Lipinski definition) is 5. The normalized spacial score (nSPS) is 20.3. The lowest BCUT2D eigenvalue weighted by atomic mass is 10.1. The fourth-order valence-electron chi connectivity index (χ4n) is 3.58. The van der Waals surface area contributed by atoms with Crippen molar-refractivity contribution >= 4 is 28.6 Å². The molecule has 0 radical (unpaired) electrons. The second kappa shape index (κ2) is 7.35. The molecule has 2 fully saturated rings. The van der Waals surface area contributed by atoms with Crippen LogP contribution in [0.25, 0.3) is 11.0 Å². The van der Waals surface area contributed by atoms with Gasteiger partial charge in [-0.3, -0.25) is 4.79 Å². The number of ether oxygens (including phenoxy) is 1. The monoisotopic (exact) mass is 340 g/mol. The van der Waals surface area contributed by atoms with Gasteiger partial charge < -0.3 is 15.0 Å². The van der Waals surface area contributed by atoms with Crippen molar-refractivity contribution < 1.29 is 9.53 Å². The molecule has 25 heavy (non-hydrogen) atoms. The van der Waals surface area contributed by atoms with Crippen molar-refractivity contribution in [3.8, 4) is 0 Å². The van der Waals surface area contributed by atoms with Gasteiger partial charge in [-0.05, 0) is 44.2 Å². The first-order chi connectivity index (χ1) is 12.3. The minimum absolute atomic E-state index is 0.0134. The van der Waals surface area contributed by atoms with Crippen molar-refractivity contribution in [2.24, 2.45) is 0 Å². The average Bonchev–Trinajstić information content (AvgIpc) is 3.33. The number of carbonyl (C=O) groups is 1. The first-order valence-electron chi connectivity index (χ1n) is 9.23. The third kappa shape index (κ3) is 3.74. The molecule has 4 rings (SSSR count). The molecule has 0 spiro atoms. The zero-order valence-corrected chi connectivity index (χ0v) is 14.4. The summed E-state index contributed by atoms with van der Waals surface area (Å²) in [5, 5.41) is 2.99. The topological polar surface area (TPSA) is 67.3 Å². The minimum atomic E-state index is -0.0134. The molecule has 2 aliphatic heterocycles. The molecule has 1 aromatic heterocycles. The molecule has 2 aromatic rings. The van der Waals surface area contributed by atoms with E-state index in [0.717, 1.165) is 68.7 Å². The molecule has 0 saturated carbocycles. The highest BCUT2D eigenvalue weighted by atomic mass is 16.5. The predicted molar refractivity (Wildman–Crippen MR) is 97.8 cm³/mol. The highest BCUT2D eigenvalue weighted by molar-refractivity contribution is 5.94. The number of amides is 1. The quantitative estimate of drug-likeness (QED) is 0.906. The van der Waals surface area contributed by atoms with Crippen LogP contribution in [-0.4, -0.2) is 41.7 Å². The maximum absolute atomic E-state index is 12.4. The molecule has 0 aliphatic carbocycles. The number of carbonyl (C=O) groups excluding carboxylic acids is 1. The van der Waals surface area contributed by atoms with Crippen LogP contribution in [0.5, 0.6) is 0 Å². The van der Waals surface area contributed by atoms with Crippen LogP contribution < -0.4 is 10.2 Å². The minimum Gasteiger partial charge on any atom is -0.378 e. The van der Waals surface area contributed by atoms with Crippen LogP contribution in [-0.2, 0) is 9.53 Å². The van der Waals surface area contributed by atoms with E-state index in [1.54, 1.807) is 0 Å². The third-order valence-electron chi connectivity index (χ3n) is 4.93. The van der Waals surface area contributed by atoms with E-state index < -0.39 is 0 Å². The summed E-state index contributed by atoms with van der Waals surface area (Å²) < 4.78 is 5.60. The lowest BCUT2D eigenvalue weighted by molar-refractivity contribution is -0.116. The van der Waals surface area contributed by atoms with Crippen LogP contribution in [0.4, 0.5) is 11.6 Å². The second-order valence-corrected chi connectivity index (χ2v) is 6.80. The van der Waals surface area contributed by atoms with Gasteiger partial charge in [0.1, 0.15) is 0 Å². The molecule has 6 heteroatoms. The predicted octanol–water partition coefficient (Wildman–Crippen LogP) is 3.13. The highest BCUT2D eigenvalue weighted by Gasteiger charge is 2.22. The van der Waals surface area contributed by atoms with E-state index in [4.69, 9.17) is 9.72 Å². The molecule has 6 nitrogen and oxygen atoms in total. The fraction of sp³-hybridized carbons (Fsp3) is 0.526. The maximum Gasteiger partial charge on any atom is 0.225 e. The first kappa shape index (κ1) is 16.3. The zero-order chi connectivity index (χ0) is 17.1. The Balaban J connectivity index is 1.53. The smallest absolute Gasteiger partial charge is 0.225 e. The van der Waals surface area contributed by atoms with Gasteiger partial charge in [-0.2, -0.15) is 0 Å². The van der Waals surface area contributed by atoms with Crippen molar-refractivity contribution in [1.29, 1.82) is 0 Å². The zero-order valence-electron chi connectivity index (χ0n) is 14.4. The molecule has 132 valence electrons. The summed E-state index contributed by atoms with van der Waals surface area (Å²) in [6, 6.07) is 7.79. The Labute approximate surface area is 147 Å². The lowest BCUT2D eigenvalue weighted by Crippen LogP contribution is -2.23. The van der Waals surface area contributed by atoms with Crippen molar-refractivity contribution in [3.63, 3.8) is 0 Å². The van der Waals surface area contributed by atoms with Gasteiger partial charge in [0.2, 0.25) is 5.91 Å². The number of nitrogens with zero attached hydrogens (tertiary/aromatic N) is 3. The van der Waals surface area contributed by atoms with E-state index >= 15 is 0 Å². The van der Waals surface area contributed by atoms with E-state index in [2.05, 4.69) is 15.2 Å². The molecular formula is C19H24N4O2. The SMILES string of the molecule is O=C(CC[C@H]1CCCO1)Nc1nc2ccccc2nc1N1CCCC1. The van der Waals surface area contributed by atoms with Gasteiger partial charge in [-0.1, -0.05) is 12.1 Å². The number of hydrogen-bond donors (Lipinski definition) is 1. The molecule has 2 saturated heterocycles. The molecule has 1 atom stereocenters. The van der Waals surface area contributed by atoms with Crippen molar-refractivity contribution in [2.45, 2.75) is 44.6 Å². The average molecular weight is 340 g/mol. The number of benzene rings is 1. The number of rotatable bonds is 5. The van der Waals surface area contributed by atoms with Crippen molar-refractivity contribution in [2.75, 3.05) is 29.9 Å². The Bertz CT molecular complexity index is 752. The van der Waals surface area contributed by atoms with E-state index in [9.17, 15) is 4.79 Å². The Hall–Kier alpha value is -2.21. The fourth-order valence-corrected chi connectivity index (χ4v) is 3.58. The summed E-state index contributed by atoms with van der Waals surface area (Å²) in [6.45, 7) is 2.75. The number of aromatic nitrogens is 2. The molecule has 3 heterocycles. The highest BCUT2D eigenvalue weighted by Crippen LogP contribution is 2.28. The summed E-state index contributed by atoms with van der Waals surface area (Å²) in [5.41, 5.74) is 1.67. The molecular weight excluding hydrogens is 316 g/mol. The Morgan fingerprint density at radius 3 is 2.64 bits per heavy atom. The maximum atomic E-state index is 12.4. The van der Waals surface area contributed by atoms with Crippen LogP contribution in [0.3, 0.4) is 0 Å². The van der Waals surface area contributed by atoms with Gasteiger partial charge in [0.25, 0.3) is 0 Å². The molecule has 1 aromatic carbocycles. The molecule has 2 aliphatic rings. The van der Waals surface area contributed by atoms with E-state index in [-0.39, 0.29) is 12.0 Å². The van der Waals surface area contributed by atoms with Gasteiger partial charge in [-0.15, -0.1) is 0 Å². The summed E-state index contributed by atoms with van der Waals surface area (Å²) in [7, 11) is 0. The van der Waals surface area contributed by atoms with Crippen LogP contribution in [0.1, 0.15) is 38.5 Å². The van der Waals surface area contributed by atoms with Crippen molar-refractivity contribution in [1.82, 2.24) is 9.97 Å². The van der Waals surface area contributed by atoms with E-state index in [0.29, 0.717) is 12.2 Å². The standard InChI is InChI=1S/C19H24N4O2/c24-17(10-9-14-6-5-13-25-14)22-18-19(23-11-3-4-12-23)21-16-8-2-1-7-15(16)20-18/h1-2,7-8,14H,3-6,9-13H2,(H,20,22,24)/t14-/m1/s1. The largest absolute Gasteiger partial charge is 0.378 e. The number of para-hydroxylation sites is 2. The number of nitrogens with one attached hydrogen (secondary N) is 1. The third-order valence-corrected chi connectivity index (χ3v) is 4.93. The summed E-state index contributed by atoms with van der Waals surface area (Å²) in [4.78, 5) is 24.1. The molecule has 0 bridgehead atoms. The summed E-state index contributed by atoms with van der Waals surface area (Å²) in [5.74, 6) is 1.36. The van der Waals surface area contributed by atoms with Crippen LogP contribution in [0.2, 0.25) is 0 Å². The van der Waals surface area contributed by atoms with Crippen LogP contribution in [0.15, 0.2) is 24.3 Å². The molecule has 1 amide bonds. The van der Waals surface area contributed by atoms with E-state index in [1.165, 1.54) is 0 Å². The van der Waals surface area contributed by atoms with Crippen molar-refractivity contribution in [3.05, 3.63) is 24.3 Å². The Morgan fingerprint density at radius 2 is 1.92 bits per heavy atom. The van der Waals surface area contributed by atoms with Gasteiger partial charge >= 0.3 is 0 Å². The Morgan fingerprint density at radius 1 is 1.16 bits per heavy atom. The first-order valence-corrected chi connectivity index (χ1v) is 9.23. The Kier molecular flexibility index (Phi) is 4.78. The number of anilines is 2. The number of fused-ring (bicyclic) bond motifs is 1. The van der Waals surface area contributed by atoms with Gasteiger partial charge in [0.05, 0.1) is 17.1 Å². The van der Waals surface area contributed by atoms with Gasteiger partial charge in [0.15, 0.2) is 11.6 Å². The van der Waals surface area contributed by atoms with Crippen LogP contribution >= 0.6 is 0 Å². The van der Waals surface area contributed by atoms with E-state index in [1.807, 2.05) is 24.3 Å². The summed E-state index contributed by atoms with van der Waals surface area (Å²) in [6.07, 6.45) is 5.92.